The second-order valence-corrected chi connectivity index (χ2v) is 7.09. The van der Waals surface area contributed by atoms with Gasteiger partial charge in [-0.2, -0.15) is 11.8 Å². The van der Waals surface area contributed by atoms with Crippen LogP contribution in [0.4, 0.5) is 4.79 Å². The Morgan fingerprint density at radius 1 is 1.26 bits per heavy atom. The summed E-state index contributed by atoms with van der Waals surface area (Å²) in [6, 6.07) is -0.761. The molecule has 0 aromatic rings. The average Bonchev–Trinajstić information content (AvgIpc) is 2.37. The van der Waals surface area contributed by atoms with Crippen LogP contribution in [0.5, 0.6) is 0 Å². The van der Waals surface area contributed by atoms with Crippen LogP contribution in [0.3, 0.4) is 0 Å². The fourth-order valence-corrected chi connectivity index (χ4v) is 4.71. The number of urea groups is 1. The molecule has 1 aliphatic carbocycles. The standard InChI is InChI=1S/C13H23N3O2S/c14-12(18)15-11(17)4-7-16-8-9-19-13(10-16)5-2-1-3-6-13/h1-10H2,(H3,14,15,17,18). The predicted octanol–water partition coefficient (Wildman–Crippen LogP) is 1.32. The first-order valence-electron chi connectivity index (χ1n) is 7.05. The summed E-state index contributed by atoms with van der Waals surface area (Å²) in [7, 11) is 0. The summed E-state index contributed by atoms with van der Waals surface area (Å²) in [5, 5.41) is 2.12. The minimum Gasteiger partial charge on any atom is -0.351 e. The van der Waals surface area contributed by atoms with Gasteiger partial charge in [0.05, 0.1) is 0 Å². The quantitative estimate of drug-likeness (QED) is 0.820. The fraction of sp³-hybridized carbons (Fsp3) is 0.846. The Labute approximate surface area is 118 Å². The molecule has 0 radical (unpaired) electrons. The van der Waals surface area contributed by atoms with Crippen molar-refractivity contribution >= 4 is 23.7 Å². The van der Waals surface area contributed by atoms with Crippen LogP contribution in [-0.2, 0) is 4.79 Å². The summed E-state index contributed by atoms with van der Waals surface area (Å²) in [6.45, 7) is 2.85. The predicted molar refractivity (Wildman–Crippen MR) is 77.1 cm³/mol. The number of hydrogen-bond acceptors (Lipinski definition) is 4. The maximum absolute atomic E-state index is 11.4. The molecule has 1 saturated carbocycles. The van der Waals surface area contributed by atoms with E-state index >= 15 is 0 Å². The lowest BCUT2D eigenvalue weighted by molar-refractivity contribution is -0.120. The summed E-state index contributed by atoms with van der Waals surface area (Å²) in [6.07, 6.45) is 7.00. The highest BCUT2D eigenvalue weighted by Gasteiger charge is 2.36. The molecule has 1 spiro atoms. The van der Waals surface area contributed by atoms with Gasteiger partial charge in [0.15, 0.2) is 0 Å². The van der Waals surface area contributed by atoms with Gasteiger partial charge < -0.3 is 10.6 Å². The van der Waals surface area contributed by atoms with Gasteiger partial charge in [-0.25, -0.2) is 4.79 Å². The smallest absolute Gasteiger partial charge is 0.318 e. The van der Waals surface area contributed by atoms with Crippen LogP contribution in [0.1, 0.15) is 38.5 Å². The van der Waals surface area contributed by atoms with Crippen LogP contribution >= 0.6 is 11.8 Å². The number of hydrogen-bond donors (Lipinski definition) is 2. The summed E-state index contributed by atoms with van der Waals surface area (Å²) < 4.78 is 0.427. The zero-order chi connectivity index (χ0) is 13.7. The third-order valence-electron chi connectivity index (χ3n) is 4.01. The monoisotopic (exact) mass is 285 g/mol. The van der Waals surface area contributed by atoms with E-state index in [2.05, 4.69) is 22.0 Å². The molecule has 0 unspecified atom stereocenters. The van der Waals surface area contributed by atoms with Gasteiger partial charge in [0.2, 0.25) is 5.91 Å². The molecule has 0 aromatic heterocycles. The third-order valence-corrected chi connectivity index (χ3v) is 5.55. The van der Waals surface area contributed by atoms with Crippen LogP contribution < -0.4 is 11.1 Å². The normalized spacial score (nSPS) is 23.2. The molecule has 0 bridgehead atoms. The first-order chi connectivity index (χ1) is 9.10. The molecule has 6 heteroatoms. The van der Waals surface area contributed by atoms with Crippen molar-refractivity contribution in [2.24, 2.45) is 5.73 Å². The Morgan fingerprint density at radius 3 is 2.68 bits per heavy atom. The van der Waals surface area contributed by atoms with Gasteiger partial charge in [-0.15, -0.1) is 0 Å². The number of primary amides is 1. The van der Waals surface area contributed by atoms with E-state index < -0.39 is 6.03 Å². The second-order valence-electron chi connectivity index (χ2n) is 5.53. The molecule has 2 fully saturated rings. The molecule has 3 amide bonds. The van der Waals surface area contributed by atoms with Gasteiger partial charge in [0.25, 0.3) is 0 Å². The molecule has 3 N–H and O–H groups in total. The lowest BCUT2D eigenvalue weighted by Crippen LogP contribution is -2.48. The van der Waals surface area contributed by atoms with Gasteiger partial charge in [-0.3, -0.25) is 10.1 Å². The number of nitrogens with zero attached hydrogens (tertiary/aromatic N) is 1. The molecule has 5 nitrogen and oxygen atoms in total. The molecular formula is C13H23N3O2S. The Balaban J connectivity index is 1.77. The number of nitrogens with two attached hydrogens (primary N) is 1. The highest BCUT2D eigenvalue weighted by atomic mass is 32.2. The molecule has 0 atom stereocenters. The molecule has 19 heavy (non-hydrogen) atoms. The van der Waals surface area contributed by atoms with Crippen molar-refractivity contribution in [2.45, 2.75) is 43.3 Å². The molecule has 2 rings (SSSR count). The van der Waals surface area contributed by atoms with Crippen LogP contribution in [0.15, 0.2) is 0 Å². The van der Waals surface area contributed by atoms with E-state index in [-0.39, 0.29) is 5.91 Å². The van der Waals surface area contributed by atoms with Crippen LogP contribution in [0.25, 0.3) is 0 Å². The zero-order valence-corrected chi connectivity index (χ0v) is 12.1. The zero-order valence-electron chi connectivity index (χ0n) is 11.3. The van der Waals surface area contributed by atoms with E-state index in [9.17, 15) is 9.59 Å². The number of imide groups is 1. The Hall–Kier alpha value is -0.750. The minimum absolute atomic E-state index is 0.275. The lowest BCUT2D eigenvalue weighted by atomic mass is 9.87. The van der Waals surface area contributed by atoms with Gasteiger partial charge in [-0.05, 0) is 12.8 Å². The number of carbonyl (C=O) groups excluding carboxylic acids is 2. The second kappa shape index (κ2) is 6.61. The van der Waals surface area contributed by atoms with Gasteiger partial charge in [0, 0.05) is 36.6 Å². The van der Waals surface area contributed by atoms with E-state index in [1.165, 1.54) is 32.1 Å². The minimum atomic E-state index is -0.761. The SMILES string of the molecule is NC(=O)NC(=O)CCN1CCSC2(CCCCC2)C1. The largest absolute Gasteiger partial charge is 0.351 e. The average molecular weight is 285 g/mol. The van der Waals surface area contributed by atoms with Crippen LogP contribution in [-0.4, -0.2) is 47.0 Å². The van der Waals surface area contributed by atoms with Crippen molar-refractivity contribution in [1.82, 2.24) is 10.2 Å². The van der Waals surface area contributed by atoms with Gasteiger partial charge >= 0.3 is 6.03 Å². The first kappa shape index (κ1) is 14.7. The first-order valence-corrected chi connectivity index (χ1v) is 8.04. The summed E-state index contributed by atoms with van der Waals surface area (Å²) in [5.41, 5.74) is 4.93. The maximum atomic E-state index is 11.4. The van der Waals surface area contributed by atoms with Crippen molar-refractivity contribution in [3.05, 3.63) is 0 Å². The Bertz CT molecular complexity index is 337. The van der Waals surface area contributed by atoms with E-state index in [1.807, 2.05) is 0 Å². The number of rotatable bonds is 3. The fourth-order valence-electron chi connectivity index (χ4n) is 3.07. The summed E-state index contributed by atoms with van der Waals surface area (Å²) >= 11 is 2.12. The van der Waals surface area contributed by atoms with Crippen molar-refractivity contribution in [3.8, 4) is 0 Å². The Kier molecular flexibility index (Phi) is 5.10. The summed E-state index contributed by atoms with van der Waals surface area (Å²) in [5.74, 6) is 0.876. The van der Waals surface area contributed by atoms with Crippen LogP contribution in [0.2, 0.25) is 0 Å². The molecule has 1 saturated heterocycles. The van der Waals surface area contributed by atoms with Crippen molar-refractivity contribution in [1.29, 1.82) is 0 Å². The lowest BCUT2D eigenvalue weighted by Gasteiger charge is -2.44. The summed E-state index contributed by atoms with van der Waals surface area (Å²) in [4.78, 5) is 24.4. The van der Waals surface area contributed by atoms with E-state index in [0.717, 1.165) is 25.4 Å². The number of thioether (sulfide) groups is 1. The topological polar surface area (TPSA) is 75.4 Å². The number of amides is 3. The van der Waals surface area contributed by atoms with E-state index in [4.69, 9.17) is 5.73 Å². The van der Waals surface area contributed by atoms with E-state index in [1.54, 1.807) is 0 Å². The van der Waals surface area contributed by atoms with Crippen molar-refractivity contribution in [2.75, 3.05) is 25.4 Å². The molecule has 108 valence electrons. The van der Waals surface area contributed by atoms with Gasteiger partial charge in [-0.1, -0.05) is 19.3 Å². The number of carbonyl (C=O) groups is 2. The third kappa shape index (κ3) is 4.38. The van der Waals surface area contributed by atoms with Crippen LogP contribution in [0, 0.1) is 0 Å². The van der Waals surface area contributed by atoms with E-state index in [0.29, 0.717) is 11.2 Å². The molecule has 2 aliphatic rings. The molecule has 0 aromatic carbocycles. The Morgan fingerprint density at radius 2 is 2.00 bits per heavy atom. The highest BCUT2D eigenvalue weighted by molar-refractivity contribution is 8.00. The molecule has 1 heterocycles. The van der Waals surface area contributed by atoms with Crippen molar-refractivity contribution in [3.63, 3.8) is 0 Å². The molecule has 1 aliphatic heterocycles. The molecular weight excluding hydrogens is 262 g/mol. The van der Waals surface area contributed by atoms with Gasteiger partial charge in [0.1, 0.15) is 0 Å². The highest BCUT2D eigenvalue weighted by Crippen LogP contribution is 2.42. The maximum Gasteiger partial charge on any atom is 0.318 e. The number of nitrogens with one attached hydrogen (secondary N) is 1. The van der Waals surface area contributed by atoms with Crippen molar-refractivity contribution < 1.29 is 9.59 Å².